The fourth-order valence-corrected chi connectivity index (χ4v) is 1.90. The van der Waals surface area contributed by atoms with Gasteiger partial charge in [0.05, 0.1) is 6.10 Å². The summed E-state index contributed by atoms with van der Waals surface area (Å²) in [6.45, 7) is 1.68. The Morgan fingerprint density at radius 2 is 2.12 bits per heavy atom. The maximum absolute atomic E-state index is 10.4. The van der Waals surface area contributed by atoms with E-state index in [4.69, 9.17) is 5.11 Å². The second kappa shape index (κ2) is 6.02. The lowest BCUT2D eigenvalue weighted by molar-refractivity contribution is -0.131. The van der Waals surface area contributed by atoms with E-state index in [0.717, 1.165) is 9.65 Å². The van der Waals surface area contributed by atoms with E-state index in [-0.39, 0.29) is 5.75 Å². The number of hydrogen-bond acceptors (Lipinski definition) is 3. The third-order valence-electron chi connectivity index (χ3n) is 2.35. The monoisotopic (exact) mass is 348 g/mol. The first kappa shape index (κ1) is 14.0. The van der Waals surface area contributed by atoms with Crippen molar-refractivity contribution >= 4 is 28.6 Å². The normalized spacial score (nSPS) is 14.8. The molecular weight excluding hydrogens is 335 g/mol. The molecule has 2 atom stereocenters. The lowest BCUT2D eigenvalue weighted by Gasteiger charge is -2.17. The van der Waals surface area contributed by atoms with Gasteiger partial charge in [0, 0.05) is 21.1 Å². The Morgan fingerprint density at radius 3 is 2.71 bits per heavy atom. The molecule has 1 rings (SSSR count). The van der Waals surface area contributed by atoms with Crippen LogP contribution in [0.1, 0.15) is 18.6 Å². The van der Waals surface area contributed by atoms with Crippen molar-refractivity contribution < 1.29 is 20.1 Å². The van der Waals surface area contributed by atoms with Crippen LogP contribution in [0.25, 0.3) is 0 Å². The molecule has 0 fully saturated rings. The number of carbonyl (C=O) groups is 1. The van der Waals surface area contributed by atoms with Crippen molar-refractivity contribution in [3.63, 3.8) is 0 Å². The summed E-state index contributed by atoms with van der Waals surface area (Å²) in [5.41, 5.74) is 0.402. The molecule has 0 aliphatic heterocycles. The SMILES string of the molecule is C[C@@H](/C=C/C(=O)O)[C@H](O)c1cc(I)ccc1O. The zero-order chi connectivity index (χ0) is 13.0. The lowest BCUT2D eigenvalue weighted by Crippen LogP contribution is -2.08. The molecule has 0 bridgehead atoms. The van der Waals surface area contributed by atoms with Gasteiger partial charge < -0.3 is 15.3 Å². The Bertz CT molecular complexity index is 442. The highest BCUT2D eigenvalue weighted by molar-refractivity contribution is 14.1. The van der Waals surface area contributed by atoms with Gasteiger partial charge in [0.15, 0.2) is 0 Å². The highest BCUT2D eigenvalue weighted by Crippen LogP contribution is 2.31. The van der Waals surface area contributed by atoms with Crippen molar-refractivity contribution in [3.05, 3.63) is 39.5 Å². The number of carboxylic acids is 1. The molecule has 0 radical (unpaired) electrons. The first-order valence-electron chi connectivity index (χ1n) is 4.99. The summed E-state index contributed by atoms with van der Waals surface area (Å²) in [5.74, 6) is -1.44. The molecule has 92 valence electrons. The van der Waals surface area contributed by atoms with Gasteiger partial charge in [0.25, 0.3) is 0 Å². The molecule has 0 saturated carbocycles. The van der Waals surface area contributed by atoms with Gasteiger partial charge in [-0.25, -0.2) is 4.79 Å². The molecule has 0 aromatic heterocycles. The number of rotatable bonds is 4. The number of carboxylic acid groups (broad SMARTS) is 1. The van der Waals surface area contributed by atoms with E-state index in [9.17, 15) is 15.0 Å². The van der Waals surface area contributed by atoms with Gasteiger partial charge in [-0.3, -0.25) is 0 Å². The Kier molecular flexibility index (Phi) is 4.95. The van der Waals surface area contributed by atoms with E-state index in [2.05, 4.69) is 22.6 Å². The Morgan fingerprint density at radius 1 is 1.47 bits per heavy atom. The molecule has 1 aromatic carbocycles. The van der Waals surface area contributed by atoms with Gasteiger partial charge in [0.1, 0.15) is 5.75 Å². The van der Waals surface area contributed by atoms with Crippen molar-refractivity contribution in [2.24, 2.45) is 5.92 Å². The molecule has 1 aromatic rings. The number of phenolic OH excluding ortho intramolecular Hbond substituents is 1. The molecule has 0 amide bonds. The van der Waals surface area contributed by atoms with E-state index in [1.54, 1.807) is 19.1 Å². The van der Waals surface area contributed by atoms with Crippen molar-refractivity contribution in [1.29, 1.82) is 0 Å². The number of halogens is 1. The van der Waals surface area contributed by atoms with Crippen LogP contribution in [0, 0.1) is 9.49 Å². The summed E-state index contributed by atoms with van der Waals surface area (Å²) >= 11 is 2.08. The van der Waals surface area contributed by atoms with E-state index in [0.29, 0.717) is 5.56 Å². The first-order valence-corrected chi connectivity index (χ1v) is 6.07. The molecule has 17 heavy (non-hydrogen) atoms. The highest BCUT2D eigenvalue weighted by atomic mass is 127. The van der Waals surface area contributed by atoms with Crippen molar-refractivity contribution in [3.8, 4) is 5.75 Å². The van der Waals surface area contributed by atoms with Crippen LogP contribution in [0.2, 0.25) is 0 Å². The maximum Gasteiger partial charge on any atom is 0.327 e. The predicted octanol–water partition coefficient (Wildman–Crippen LogP) is 2.31. The number of aromatic hydroxyl groups is 1. The lowest BCUT2D eigenvalue weighted by atomic mass is 9.96. The molecule has 0 saturated heterocycles. The minimum atomic E-state index is -1.06. The number of aliphatic hydroxyl groups excluding tert-OH is 1. The van der Waals surface area contributed by atoms with Crippen LogP contribution >= 0.6 is 22.6 Å². The Balaban J connectivity index is 2.91. The van der Waals surface area contributed by atoms with Crippen LogP contribution in [0.3, 0.4) is 0 Å². The van der Waals surface area contributed by atoms with E-state index in [1.165, 1.54) is 12.1 Å². The van der Waals surface area contributed by atoms with Gasteiger partial charge in [0.2, 0.25) is 0 Å². The number of benzene rings is 1. The average molecular weight is 348 g/mol. The van der Waals surface area contributed by atoms with Crippen LogP contribution in [-0.2, 0) is 4.79 Å². The summed E-state index contributed by atoms with van der Waals surface area (Å²) in [6, 6.07) is 4.91. The van der Waals surface area contributed by atoms with Crippen molar-refractivity contribution in [2.45, 2.75) is 13.0 Å². The largest absolute Gasteiger partial charge is 0.508 e. The molecule has 5 heteroatoms. The summed E-state index contributed by atoms with van der Waals surface area (Å²) in [4.78, 5) is 10.4. The minimum absolute atomic E-state index is 0.00786. The molecule has 0 aliphatic carbocycles. The number of aliphatic hydroxyl groups is 1. The molecule has 0 unspecified atom stereocenters. The second-order valence-electron chi connectivity index (χ2n) is 3.70. The van der Waals surface area contributed by atoms with E-state index >= 15 is 0 Å². The number of hydrogen-bond donors (Lipinski definition) is 3. The van der Waals surface area contributed by atoms with Gasteiger partial charge in [-0.2, -0.15) is 0 Å². The fraction of sp³-hybridized carbons (Fsp3) is 0.250. The standard InChI is InChI=1S/C12H13IO4/c1-7(2-5-11(15)16)12(17)9-6-8(13)3-4-10(9)14/h2-7,12,14,17H,1H3,(H,15,16)/b5-2+/t7-,12-/m0/s1. The predicted molar refractivity (Wildman–Crippen MR) is 71.7 cm³/mol. The highest BCUT2D eigenvalue weighted by Gasteiger charge is 2.18. The van der Waals surface area contributed by atoms with Crippen LogP contribution < -0.4 is 0 Å². The van der Waals surface area contributed by atoms with Gasteiger partial charge in [-0.1, -0.05) is 13.0 Å². The quantitative estimate of drug-likeness (QED) is 0.577. The Hall–Kier alpha value is -1.08. The zero-order valence-corrected chi connectivity index (χ0v) is 11.3. The first-order chi connectivity index (χ1) is 7.91. The summed E-state index contributed by atoms with van der Waals surface area (Å²) in [6.07, 6.45) is 1.45. The van der Waals surface area contributed by atoms with E-state index in [1.807, 2.05) is 0 Å². The van der Waals surface area contributed by atoms with Crippen LogP contribution in [0.15, 0.2) is 30.4 Å². The summed E-state index contributed by atoms with van der Waals surface area (Å²) in [7, 11) is 0. The Labute approximate surface area is 113 Å². The second-order valence-corrected chi connectivity index (χ2v) is 4.95. The third kappa shape index (κ3) is 4.01. The van der Waals surface area contributed by atoms with Crippen LogP contribution in [-0.4, -0.2) is 21.3 Å². The molecule has 0 spiro atoms. The molecular formula is C12H13IO4. The molecule has 3 N–H and O–H groups in total. The zero-order valence-electron chi connectivity index (χ0n) is 9.17. The van der Waals surface area contributed by atoms with E-state index < -0.39 is 18.0 Å². The van der Waals surface area contributed by atoms with Gasteiger partial charge in [-0.15, -0.1) is 0 Å². The molecule has 0 heterocycles. The van der Waals surface area contributed by atoms with Gasteiger partial charge >= 0.3 is 5.97 Å². The van der Waals surface area contributed by atoms with Crippen molar-refractivity contribution in [2.75, 3.05) is 0 Å². The number of aliphatic carboxylic acids is 1. The average Bonchev–Trinajstić information content (AvgIpc) is 2.28. The summed E-state index contributed by atoms with van der Waals surface area (Å²) < 4.78 is 0.892. The third-order valence-corrected chi connectivity index (χ3v) is 3.02. The minimum Gasteiger partial charge on any atom is -0.508 e. The van der Waals surface area contributed by atoms with Gasteiger partial charge in [-0.05, 0) is 40.8 Å². The maximum atomic E-state index is 10.4. The summed E-state index contributed by atoms with van der Waals surface area (Å²) in [5, 5.41) is 28.1. The van der Waals surface area contributed by atoms with Crippen LogP contribution in [0.4, 0.5) is 0 Å². The van der Waals surface area contributed by atoms with Crippen LogP contribution in [0.5, 0.6) is 5.75 Å². The smallest absolute Gasteiger partial charge is 0.327 e. The topological polar surface area (TPSA) is 77.8 Å². The molecule has 4 nitrogen and oxygen atoms in total. The number of phenols is 1. The van der Waals surface area contributed by atoms with Crippen molar-refractivity contribution in [1.82, 2.24) is 0 Å². The molecule has 0 aliphatic rings. The fourth-order valence-electron chi connectivity index (χ4n) is 1.38.